The Kier molecular flexibility index (Phi) is 3.94. The molecule has 0 aliphatic heterocycles. The van der Waals surface area contributed by atoms with E-state index in [9.17, 15) is 4.79 Å². The summed E-state index contributed by atoms with van der Waals surface area (Å²) >= 11 is 0. The summed E-state index contributed by atoms with van der Waals surface area (Å²) in [5.41, 5.74) is 1.27. The van der Waals surface area contributed by atoms with E-state index in [1.54, 1.807) is 24.3 Å². The monoisotopic (exact) mass is 199 g/mol. The minimum Gasteiger partial charge on any atom is -0.465 e. The summed E-state index contributed by atoms with van der Waals surface area (Å²) in [7, 11) is 1.34. The molecule has 0 aliphatic carbocycles. The molecule has 0 bridgehead atoms. The molecule has 0 aromatic heterocycles. The zero-order valence-electron chi connectivity index (χ0n) is 8.28. The maximum atomic E-state index is 11.1. The van der Waals surface area contributed by atoms with E-state index in [1.165, 1.54) is 7.11 Å². The minimum atomic E-state index is -0.369. The van der Waals surface area contributed by atoms with Crippen LogP contribution in [0.5, 0.6) is 0 Å². The lowest BCUT2D eigenvalue weighted by Gasteiger charge is -1.97. The van der Waals surface area contributed by atoms with Crippen molar-refractivity contribution < 1.29 is 9.53 Å². The van der Waals surface area contributed by atoms with Gasteiger partial charge in [0.25, 0.3) is 0 Å². The van der Waals surface area contributed by atoms with E-state index in [1.807, 2.05) is 6.07 Å². The minimum absolute atomic E-state index is 0.207. The molecule has 0 atom stereocenters. The highest BCUT2D eigenvalue weighted by Gasteiger charge is 2.02. The molecule has 74 valence electrons. The van der Waals surface area contributed by atoms with E-state index in [4.69, 9.17) is 5.26 Å². The summed E-state index contributed by atoms with van der Waals surface area (Å²) in [4.78, 5) is 11.1. The molecule has 0 aliphatic rings. The number of nitriles is 1. The Hall–Kier alpha value is -2.26. The number of nitrogens with zero attached hydrogens (tertiary/aromatic N) is 1. The number of carbonyl (C=O) groups excluding carboxylic acids is 1. The van der Waals surface area contributed by atoms with E-state index < -0.39 is 0 Å². The lowest BCUT2D eigenvalue weighted by molar-refractivity contribution is 0.0601. The van der Waals surface area contributed by atoms with E-state index in [-0.39, 0.29) is 12.4 Å². The van der Waals surface area contributed by atoms with Crippen molar-refractivity contribution in [2.45, 2.75) is 6.42 Å². The first-order valence-corrected chi connectivity index (χ1v) is 4.32. The van der Waals surface area contributed by atoms with Crippen LogP contribution in [0.25, 0.3) is 0 Å². The molecule has 1 aromatic carbocycles. The molecule has 0 amide bonds. The van der Waals surface area contributed by atoms with Crippen LogP contribution in [0.4, 0.5) is 0 Å². The molecule has 1 rings (SSSR count). The van der Waals surface area contributed by atoms with Crippen molar-refractivity contribution in [3.63, 3.8) is 0 Å². The fourth-order valence-corrected chi connectivity index (χ4v) is 0.993. The molecule has 1 aromatic rings. The quantitative estimate of drug-likeness (QED) is 0.511. The van der Waals surface area contributed by atoms with Crippen LogP contribution in [-0.2, 0) is 4.74 Å². The zero-order chi connectivity index (χ0) is 11.1. The Morgan fingerprint density at radius 3 is 2.60 bits per heavy atom. The molecule has 0 heterocycles. The van der Waals surface area contributed by atoms with Crippen LogP contribution in [0.15, 0.2) is 24.3 Å². The predicted octanol–water partition coefficient (Wildman–Crippen LogP) is 1.74. The van der Waals surface area contributed by atoms with Gasteiger partial charge in [-0.1, -0.05) is 11.8 Å². The van der Waals surface area contributed by atoms with Crippen molar-refractivity contribution in [3.05, 3.63) is 35.4 Å². The van der Waals surface area contributed by atoms with Crippen molar-refractivity contribution in [1.29, 1.82) is 5.26 Å². The number of hydrogen-bond donors (Lipinski definition) is 0. The molecular formula is C12H9NO2. The molecule has 0 N–H and O–H groups in total. The van der Waals surface area contributed by atoms with Gasteiger partial charge in [-0.15, -0.1) is 0 Å². The summed E-state index contributed by atoms with van der Waals surface area (Å²) < 4.78 is 4.56. The standard InChI is InChI=1S/C12H9NO2/c1-15-12(14)11-7-5-10(6-8-11)4-2-3-9-13/h5-8H,3H2,1H3. The Labute approximate surface area is 88.3 Å². The van der Waals surface area contributed by atoms with Gasteiger partial charge in [0, 0.05) is 5.56 Å². The molecule has 0 saturated carbocycles. The third kappa shape index (κ3) is 3.17. The van der Waals surface area contributed by atoms with Crippen molar-refractivity contribution in [1.82, 2.24) is 0 Å². The van der Waals surface area contributed by atoms with Gasteiger partial charge < -0.3 is 4.74 Å². The second-order valence-corrected chi connectivity index (χ2v) is 2.71. The molecular weight excluding hydrogens is 190 g/mol. The maximum absolute atomic E-state index is 11.1. The highest BCUT2D eigenvalue weighted by Crippen LogP contribution is 2.04. The molecule has 0 radical (unpaired) electrons. The van der Waals surface area contributed by atoms with Crippen molar-refractivity contribution >= 4 is 5.97 Å². The summed E-state index contributed by atoms with van der Waals surface area (Å²) in [6, 6.07) is 8.65. The molecule has 0 saturated heterocycles. The summed E-state index contributed by atoms with van der Waals surface area (Å²) in [5, 5.41) is 8.28. The molecule has 0 spiro atoms. The first-order chi connectivity index (χ1) is 7.27. The number of esters is 1. The average molecular weight is 199 g/mol. The van der Waals surface area contributed by atoms with Crippen LogP contribution in [0.3, 0.4) is 0 Å². The van der Waals surface area contributed by atoms with Crippen LogP contribution >= 0.6 is 0 Å². The van der Waals surface area contributed by atoms with E-state index >= 15 is 0 Å². The molecule has 3 heteroatoms. The number of rotatable bonds is 1. The van der Waals surface area contributed by atoms with Gasteiger partial charge in [0.2, 0.25) is 0 Å². The Balaban J connectivity index is 2.79. The fraction of sp³-hybridized carbons (Fsp3) is 0.167. The summed E-state index contributed by atoms with van der Waals surface area (Å²) in [5.74, 6) is 5.12. The van der Waals surface area contributed by atoms with E-state index in [0.717, 1.165) is 5.56 Å². The average Bonchev–Trinajstić information content (AvgIpc) is 2.29. The predicted molar refractivity (Wildman–Crippen MR) is 54.9 cm³/mol. The van der Waals surface area contributed by atoms with Crippen LogP contribution in [0.2, 0.25) is 0 Å². The van der Waals surface area contributed by atoms with Crippen LogP contribution in [0, 0.1) is 23.2 Å². The summed E-state index contributed by atoms with van der Waals surface area (Å²) in [6.07, 6.45) is 0.207. The van der Waals surface area contributed by atoms with Gasteiger partial charge in [-0.25, -0.2) is 4.79 Å². The van der Waals surface area contributed by atoms with Gasteiger partial charge in [-0.3, -0.25) is 0 Å². The topological polar surface area (TPSA) is 50.1 Å². The third-order valence-corrected chi connectivity index (χ3v) is 1.71. The molecule has 15 heavy (non-hydrogen) atoms. The normalized spacial score (nSPS) is 8.27. The van der Waals surface area contributed by atoms with Gasteiger partial charge >= 0.3 is 5.97 Å². The van der Waals surface area contributed by atoms with Gasteiger partial charge in [0.05, 0.1) is 25.2 Å². The lowest BCUT2D eigenvalue weighted by atomic mass is 10.1. The molecule has 0 unspecified atom stereocenters. The Morgan fingerprint density at radius 1 is 1.40 bits per heavy atom. The number of carbonyl (C=O) groups is 1. The highest BCUT2D eigenvalue weighted by atomic mass is 16.5. The Morgan fingerprint density at radius 2 is 2.07 bits per heavy atom. The number of ether oxygens (including phenoxy) is 1. The molecule has 0 fully saturated rings. The van der Waals surface area contributed by atoms with E-state index in [2.05, 4.69) is 16.6 Å². The smallest absolute Gasteiger partial charge is 0.337 e. The van der Waals surface area contributed by atoms with E-state index in [0.29, 0.717) is 5.56 Å². The Bertz CT molecular complexity index is 443. The lowest BCUT2D eigenvalue weighted by Crippen LogP contribution is -2.00. The van der Waals surface area contributed by atoms with Gasteiger partial charge in [-0.05, 0) is 24.3 Å². The van der Waals surface area contributed by atoms with Gasteiger partial charge in [-0.2, -0.15) is 5.26 Å². The number of hydrogen-bond acceptors (Lipinski definition) is 3. The highest BCUT2D eigenvalue weighted by molar-refractivity contribution is 5.89. The number of benzene rings is 1. The largest absolute Gasteiger partial charge is 0.465 e. The van der Waals surface area contributed by atoms with Crippen molar-refractivity contribution in [3.8, 4) is 17.9 Å². The third-order valence-electron chi connectivity index (χ3n) is 1.71. The van der Waals surface area contributed by atoms with Crippen LogP contribution < -0.4 is 0 Å². The van der Waals surface area contributed by atoms with Gasteiger partial charge in [0.1, 0.15) is 0 Å². The van der Waals surface area contributed by atoms with Crippen molar-refractivity contribution in [2.75, 3.05) is 7.11 Å². The number of methoxy groups -OCH3 is 1. The SMILES string of the molecule is COC(=O)c1ccc(C#CCC#N)cc1. The maximum Gasteiger partial charge on any atom is 0.337 e. The summed E-state index contributed by atoms with van der Waals surface area (Å²) in [6.45, 7) is 0. The zero-order valence-corrected chi connectivity index (χ0v) is 8.28. The molecule has 3 nitrogen and oxygen atoms in total. The first-order valence-electron chi connectivity index (χ1n) is 4.32. The van der Waals surface area contributed by atoms with Crippen LogP contribution in [-0.4, -0.2) is 13.1 Å². The van der Waals surface area contributed by atoms with Crippen molar-refractivity contribution in [2.24, 2.45) is 0 Å². The second kappa shape index (κ2) is 5.47. The fourth-order valence-electron chi connectivity index (χ4n) is 0.993. The second-order valence-electron chi connectivity index (χ2n) is 2.71. The first kappa shape index (κ1) is 10.8. The van der Waals surface area contributed by atoms with Gasteiger partial charge in [0.15, 0.2) is 0 Å². The van der Waals surface area contributed by atoms with Crippen LogP contribution in [0.1, 0.15) is 22.3 Å².